The molecule has 0 amide bonds. The van der Waals surface area contributed by atoms with Gasteiger partial charge in [-0.05, 0) is 43.7 Å². The molecule has 4 nitrogen and oxygen atoms in total. The molecule has 22 heavy (non-hydrogen) atoms. The Morgan fingerprint density at radius 1 is 1.27 bits per heavy atom. The topological polar surface area (TPSA) is 41.3 Å². The molecule has 0 radical (unpaired) electrons. The molecule has 2 fully saturated rings. The summed E-state index contributed by atoms with van der Waals surface area (Å²) in [7, 11) is 1.98. The molecule has 2 aliphatic heterocycles. The summed E-state index contributed by atoms with van der Waals surface area (Å²) in [6.45, 7) is 1.20. The van der Waals surface area contributed by atoms with E-state index in [1.165, 1.54) is 12.8 Å². The van der Waals surface area contributed by atoms with Gasteiger partial charge in [0.2, 0.25) is 0 Å². The molecule has 1 aromatic heterocycles. The lowest BCUT2D eigenvalue weighted by Gasteiger charge is -2.38. The van der Waals surface area contributed by atoms with E-state index in [1.807, 2.05) is 23.9 Å². The fourth-order valence-corrected chi connectivity index (χ4v) is 4.71. The number of halogens is 1. The Morgan fingerprint density at radius 2 is 2.00 bits per heavy atom. The lowest BCUT2D eigenvalue weighted by Crippen LogP contribution is -2.43. The van der Waals surface area contributed by atoms with E-state index in [-0.39, 0.29) is 0 Å². The summed E-state index contributed by atoms with van der Waals surface area (Å²) >= 11 is 6.42. The normalized spacial score (nSPS) is 28.6. The van der Waals surface area contributed by atoms with Crippen molar-refractivity contribution in [2.45, 2.75) is 44.3 Å². The van der Waals surface area contributed by atoms with E-state index in [4.69, 9.17) is 16.7 Å². The van der Waals surface area contributed by atoms with Crippen LogP contribution in [-0.2, 0) is 13.6 Å². The summed E-state index contributed by atoms with van der Waals surface area (Å²) in [6.07, 6.45) is 4.73. The predicted molar refractivity (Wildman–Crippen MR) is 87.9 cm³/mol. The molecule has 1 N–H and O–H groups in total. The summed E-state index contributed by atoms with van der Waals surface area (Å²) in [5, 5.41) is 16.1. The van der Waals surface area contributed by atoms with Gasteiger partial charge in [-0.1, -0.05) is 17.7 Å². The monoisotopic (exact) mass is 319 g/mol. The lowest BCUT2D eigenvalue weighted by molar-refractivity contribution is 0.0676. The first-order chi connectivity index (χ1) is 10.7. The maximum absolute atomic E-state index is 9.46. The van der Waals surface area contributed by atoms with Crippen molar-refractivity contribution < 1.29 is 5.11 Å². The highest BCUT2D eigenvalue weighted by Gasteiger charge is 2.40. The van der Waals surface area contributed by atoms with Crippen LogP contribution < -0.4 is 0 Å². The Hall–Kier alpha value is -1.10. The van der Waals surface area contributed by atoms with E-state index in [2.05, 4.69) is 11.0 Å². The van der Waals surface area contributed by atoms with Crippen LogP contribution in [0.5, 0.6) is 0 Å². The summed E-state index contributed by atoms with van der Waals surface area (Å²) in [5.74, 6) is 0.484. The fraction of sp³-hybridized carbons (Fsp3) is 0.588. The van der Waals surface area contributed by atoms with Crippen LogP contribution in [0.15, 0.2) is 18.2 Å². The molecule has 1 unspecified atom stereocenters. The molecule has 3 atom stereocenters. The number of rotatable bonds is 3. The highest BCUT2D eigenvalue weighted by Crippen LogP contribution is 2.40. The molecular formula is C17H22ClN3O. The van der Waals surface area contributed by atoms with E-state index >= 15 is 0 Å². The van der Waals surface area contributed by atoms with Crippen LogP contribution >= 0.6 is 11.6 Å². The Bertz CT molecular complexity index is 685. The molecule has 2 aliphatic rings. The molecule has 0 saturated carbocycles. The Labute approximate surface area is 135 Å². The molecule has 2 aromatic rings. The number of aryl methyl sites for hydroxylation is 1. The van der Waals surface area contributed by atoms with E-state index in [0.29, 0.717) is 24.6 Å². The molecule has 2 bridgehead atoms. The summed E-state index contributed by atoms with van der Waals surface area (Å²) in [6, 6.07) is 7.18. The number of hydrogen-bond donors (Lipinski definition) is 1. The SMILES string of the molecule is Cn1nc(CN2[C@@H]3CC[C@H]2CC(CO)C3)c2c(Cl)cccc21. The minimum absolute atomic E-state index is 0.333. The summed E-state index contributed by atoms with van der Waals surface area (Å²) in [4.78, 5) is 2.59. The first kappa shape index (κ1) is 14.5. The third-order valence-electron chi connectivity index (χ3n) is 5.47. The number of aromatic nitrogens is 2. The maximum atomic E-state index is 9.46. The van der Waals surface area contributed by atoms with Gasteiger partial charge in [-0.2, -0.15) is 5.10 Å². The van der Waals surface area contributed by atoms with E-state index in [9.17, 15) is 5.11 Å². The smallest absolute Gasteiger partial charge is 0.0858 e. The van der Waals surface area contributed by atoms with Crippen LogP contribution in [0.3, 0.4) is 0 Å². The zero-order valence-corrected chi connectivity index (χ0v) is 13.6. The zero-order valence-electron chi connectivity index (χ0n) is 12.9. The van der Waals surface area contributed by atoms with E-state index in [1.54, 1.807) is 0 Å². The van der Waals surface area contributed by atoms with Gasteiger partial charge < -0.3 is 5.11 Å². The summed E-state index contributed by atoms with van der Waals surface area (Å²) < 4.78 is 1.93. The number of benzene rings is 1. The van der Waals surface area contributed by atoms with Gasteiger partial charge in [0, 0.05) is 37.7 Å². The number of nitrogens with zero attached hydrogens (tertiary/aromatic N) is 3. The highest BCUT2D eigenvalue weighted by molar-refractivity contribution is 6.35. The van der Waals surface area contributed by atoms with Crippen molar-refractivity contribution in [3.8, 4) is 0 Å². The first-order valence-electron chi connectivity index (χ1n) is 8.14. The third kappa shape index (κ3) is 2.25. The van der Waals surface area contributed by atoms with Crippen LogP contribution in [-0.4, -0.2) is 38.5 Å². The Balaban J connectivity index is 1.65. The van der Waals surface area contributed by atoms with Gasteiger partial charge in [0.05, 0.1) is 16.2 Å². The van der Waals surface area contributed by atoms with Crippen LogP contribution in [0.2, 0.25) is 5.02 Å². The van der Waals surface area contributed by atoms with Crippen LogP contribution in [0.25, 0.3) is 10.9 Å². The van der Waals surface area contributed by atoms with Gasteiger partial charge in [-0.3, -0.25) is 9.58 Å². The second kappa shape index (κ2) is 5.52. The molecule has 118 valence electrons. The Kier molecular flexibility index (Phi) is 3.63. The number of piperidine rings is 1. The maximum Gasteiger partial charge on any atom is 0.0858 e. The second-order valence-corrected chi connectivity index (χ2v) is 7.19. The Morgan fingerprint density at radius 3 is 2.68 bits per heavy atom. The van der Waals surface area contributed by atoms with Crippen molar-refractivity contribution in [1.82, 2.24) is 14.7 Å². The zero-order chi connectivity index (χ0) is 15.3. The van der Waals surface area contributed by atoms with Crippen molar-refractivity contribution >= 4 is 22.5 Å². The third-order valence-corrected chi connectivity index (χ3v) is 5.79. The highest BCUT2D eigenvalue weighted by atomic mass is 35.5. The molecule has 4 rings (SSSR count). The molecule has 2 saturated heterocycles. The number of fused-ring (bicyclic) bond motifs is 3. The molecular weight excluding hydrogens is 298 g/mol. The average Bonchev–Trinajstić information content (AvgIpc) is 2.94. The van der Waals surface area contributed by atoms with Crippen molar-refractivity contribution in [2.75, 3.05) is 6.61 Å². The van der Waals surface area contributed by atoms with Crippen molar-refractivity contribution in [2.24, 2.45) is 13.0 Å². The van der Waals surface area contributed by atoms with E-state index in [0.717, 1.165) is 41.0 Å². The minimum Gasteiger partial charge on any atom is -0.396 e. The first-order valence-corrected chi connectivity index (χ1v) is 8.52. The molecule has 0 spiro atoms. The number of aliphatic hydroxyl groups excluding tert-OH is 1. The average molecular weight is 320 g/mol. The largest absolute Gasteiger partial charge is 0.396 e. The molecule has 5 heteroatoms. The minimum atomic E-state index is 0.333. The van der Waals surface area contributed by atoms with Gasteiger partial charge in [0.15, 0.2) is 0 Å². The molecule has 3 heterocycles. The van der Waals surface area contributed by atoms with Gasteiger partial charge >= 0.3 is 0 Å². The van der Waals surface area contributed by atoms with E-state index < -0.39 is 0 Å². The molecule has 1 aromatic carbocycles. The quantitative estimate of drug-likeness (QED) is 0.945. The molecule has 0 aliphatic carbocycles. The van der Waals surface area contributed by atoms with Gasteiger partial charge in [0.1, 0.15) is 0 Å². The van der Waals surface area contributed by atoms with Crippen molar-refractivity contribution in [3.05, 3.63) is 28.9 Å². The standard InChI is InChI=1S/C17H22ClN3O/c1-20-16-4-2-3-14(18)17(16)15(19-20)9-21-12-5-6-13(21)8-11(7-12)10-22/h2-4,11-13,22H,5-10H2,1H3/t11?,12-,13+. The van der Waals surface area contributed by atoms with Gasteiger partial charge in [-0.25, -0.2) is 0 Å². The number of hydrogen-bond acceptors (Lipinski definition) is 3. The van der Waals surface area contributed by atoms with Crippen molar-refractivity contribution in [1.29, 1.82) is 0 Å². The predicted octanol–water partition coefficient (Wildman–Crippen LogP) is 2.96. The van der Waals surface area contributed by atoms with Crippen molar-refractivity contribution in [3.63, 3.8) is 0 Å². The lowest BCUT2D eigenvalue weighted by atomic mass is 9.91. The fourth-order valence-electron chi connectivity index (χ4n) is 4.43. The van der Waals surface area contributed by atoms with Crippen LogP contribution in [0.1, 0.15) is 31.4 Å². The van der Waals surface area contributed by atoms with Gasteiger partial charge in [0.25, 0.3) is 0 Å². The second-order valence-electron chi connectivity index (χ2n) is 6.78. The van der Waals surface area contributed by atoms with Crippen LogP contribution in [0.4, 0.5) is 0 Å². The summed E-state index contributed by atoms with van der Waals surface area (Å²) in [5.41, 5.74) is 2.18. The van der Waals surface area contributed by atoms with Crippen LogP contribution in [0, 0.1) is 5.92 Å². The number of aliphatic hydroxyl groups is 1. The van der Waals surface area contributed by atoms with Gasteiger partial charge in [-0.15, -0.1) is 0 Å².